The molecule has 1 heterocycles. The van der Waals surface area contributed by atoms with Crippen LogP contribution < -0.4 is 0 Å². The van der Waals surface area contributed by atoms with E-state index in [1.165, 1.54) is 11.3 Å². The van der Waals surface area contributed by atoms with Gasteiger partial charge in [0.05, 0.1) is 0 Å². The summed E-state index contributed by atoms with van der Waals surface area (Å²) in [6.07, 6.45) is 3.55. The number of carboxylic acids is 1. The predicted octanol–water partition coefficient (Wildman–Crippen LogP) is 3.52. The van der Waals surface area contributed by atoms with Crippen LogP contribution in [0.15, 0.2) is 0 Å². The Kier molecular flexibility index (Phi) is 4.46. The zero-order valence-corrected chi connectivity index (χ0v) is 14.4. The highest BCUT2D eigenvalue weighted by Crippen LogP contribution is 2.54. The van der Waals surface area contributed by atoms with Gasteiger partial charge in [0.2, 0.25) is 0 Å². The third kappa shape index (κ3) is 3.08. The first kappa shape index (κ1) is 17.1. The normalized spacial score (nSPS) is 29.5. The van der Waals surface area contributed by atoms with Crippen LogP contribution >= 0.6 is 0 Å². The van der Waals surface area contributed by atoms with E-state index in [4.69, 9.17) is 4.74 Å². The Hall–Kier alpha value is -1.26. The third-order valence-electron chi connectivity index (χ3n) is 5.40. The molecule has 5 nitrogen and oxygen atoms in total. The zero-order chi connectivity index (χ0) is 16.7. The van der Waals surface area contributed by atoms with Gasteiger partial charge in [-0.05, 0) is 57.3 Å². The van der Waals surface area contributed by atoms with Crippen LogP contribution in [0.25, 0.3) is 0 Å². The molecule has 2 atom stereocenters. The van der Waals surface area contributed by atoms with Gasteiger partial charge in [-0.1, -0.05) is 20.3 Å². The molecule has 22 heavy (non-hydrogen) atoms. The molecule has 0 unspecified atom stereocenters. The molecule has 1 amide bonds. The Balaban J connectivity index is 2.25. The molecule has 2 rings (SSSR count). The number of rotatable bonds is 3. The minimum atomic E-state index is -0.923. The van der Waals surface area contributed by atoms with Crippen molar-refractivity contribution in [1.29, 1.82) is 0 Å². The summed E-state index contributed by atoms with van der Waals surface area (Å²) in [5, 5.41) is 9.57. The highest BCUT2D eigenvalue weighted by molar-refractivity contribution is 5.81. The molecule has 2 fully saturated rings. The molecule has 0 spiro atoms. The topological polar surface area (TPSA) is 66.8 Å². The number of carboxylic acid groups (broad SMARTS) is 1. The van der Waals surface area contributed by atoms with Crippen molar-refractivity contribution in [2.24, 2.45) is 17.3 Å². The fourth-order valence-electron chi connectivity index (χ4n) is 3.86. The number of carbonyl (C=O) groups is 2. The Morgan fingerprint density at radius 3 is 2.23 bits per heavy atom. The lowest BCUT2D eigenvalue weighted by atomic mass is 9.59. The summed E-state index contributed by atoms with van der Waals surface area (Å²) in [5.74, 6) is -0.0402. The van der Waals surface area contributed by atoms with E-state index in [1.807, 2.05) is 0 Å². The molecular formula is C17H29NO4. The molecular weight excluding hydrogens is 282 g/mol. The van der Waals surface area contributed by atoms with Gasteiger partial charge in [0.25, 0.3) is 0 Å². The second kappa shape index (κ2) is 5.74. The molecule has 5 heteroatoms. The van der Waals surface area contributed by atoms with Crippen LogP contribution in [-0.2, 0) is 9.53 Å². The van der Waals surface area contributed by atoms with Gasteiger partial charge in [-0.15, -0.1) is 0 Å². The zero-order valence-electron chi connectivity index (χ0n) is 14.4. The average Bonchev–Trinajstić information content (AvgIpc) is 2.66. The fourth-order valence-corrected chi connectivity index (χ4v) is 3.86. The first-order chi connectivity index (χ1) is 10.1. The average molecular weight is 311 g/mol. The van der Waals surface area contributed by atoms with Crippen molar-refractivity contribution in [3.8, 4) is 0 Å². The molecule has 0 aromatic heterocycles. The molecule has 2 aliphatic rings. The number of likely N-dealkylation sites (tertiary alicyclic amines) is 1. The maximum Gasteiger partial charge on any atom is 0.411 e. The smallest absolute Gasteiger partial charge is 0.411 e. The first-order valence-electron chi connectivity index (χ1n) is 8.29. The van der Waals surface area contributed by atoms with Gasteiger partial charge < -0.3 is 9.84 Å². The molecule has 126 valence electrons. The van der Waals surface area contributed by atoms with E-state index in [9.17, 15) is 14.7 Å². The van der Waals surface area contributed by atoms with Gasteiger partial charge >= 0.3 is 12.1 Å². The summed E-state index contributed by atoms with van der Waals surface area (Å²) in [7, 11) is 0. The highest BCUT2D eigenvalue weighted by Gasteiger charge is 2.55. The van der Waals surface area contributed by atoms with Crippen molar-refractivity contribution in [2.45, 2.75) is 71.9 Å². The van der Waals surface area contributed by atoms with E-state index in [1.54, 1.807) is 20.8 Å². The van der Waals surface area contributed by atoms with E-state index in [2.05, 4.69) is 13.8 Å². The lowest BCUT2D eigenvalue weighted by molar-refractivity contribution is -0.142. The molecule has 1 saturated heterocycles. The quantitative estimate of drug-likeness (QED) is 0.866. The second-order valence-corrected chi connectivity index (χ2v) is 8.18. The SMILES string of the molecule is CC(C)[C@@]1(C2CCC2)C[C@@H](C(=O)O)N(C(=O)OC(C)(C)C)C1. The number of hydrogen-bond acceptors (Lipinski definition) is 3. The summed E-state index contributed by atoms with van der Waals surface area (Å²) < 4.78 is 5.43. The number of hydrogen-bond donors (Lipinski definition) is 1. The minimum absolute atomic E-state index is 0.0851. The van der Waals surface area contributed by atoms with Gasteiger partial charge in [0, 0.05) is 6.54 Å². The van der Waals surface area contributed by atoms with E-state index >= 15 is 0 Å². The van der Waals surface area contributed by atoms with Crippen LogP contribution in [0.2, 0.25) is 0 Å². The van der Waals surface area contributed by atoms with Crippen molar-refractivity contribution >= 4 is 12.1 Å². The van der Waals surface area contributed by atoms with Gasteiger partial charge in [0.1, 0.15) is 11.6 Å². The molecule has 1 saturated carbocycles. The molecule has 1 N–H and O–H groups in total. The minimum Gasteiger partial charge on any atom is -0.480 e. The van der Waals surface area contributed by atoms with Crippen molar-refractivity contribution in [2.75, 3.05) is 6.54 Å². The van der Waals surface area contributed by atoms with E-state index in [0.29, 0.717) is 24.8 Å². The van der Waals surface area contributed by atoms with E-state index < -0.39 is 23.7 Å². The van der Waals surface area contributed by atoms with Crippen molar-refractivity contribution in [3.05, 3.63) is 0 Å². The Labute approximate surface area is 133 Å². The molecule has 1 aliphatic heterocycles. The maximum atomic E-state index is 12.5. The summed E-state index contributed by atoms with van der Waals surface area (Å²) in [5.41, 5.74) is -0.697. The van der Waals surface area contributed by atoms with Crippen LogP contribution in [0.4, 0.5) is 4.79 Å². The Bertz CT molecular complexity index is 450. The predicted molar refractivity (Wildman–Crippen MR) is 83.6 cm³/mol. The monoisotopic (exact) mass is 311 g/mol. The summed E-state index contributed by atoms with van der Waals surface area (Å²) >= 11 is 0. The number of aliphatic carboxylic acids is 1. The summed E-state index contributed by atoms with van der Waals surface area (Å²) in [6.45, 7) is 10.2. The van der Waals surface area contributed by atoms with Gasteiger partial charge in [0.15, 0.2) is 0 Å². The Morgan fingerprint density at radius 1 is 1.27 bits per heavy atom. The first-order valence-corrected chi connectivity index (χ1v) is 8.29. The highest BCUT2D eigenvalue weighted by atomic mass is 16.6. The molecule has 0 bridgehead atoms. The molecule has 0 aromatic carbocycles. The number of ether oxygens (including phenoxy) is 1. The fraction of sp³-hybridized carbons (Fsp3) is 0.882. The lowest BCUT2D eigenvalue weighted by Gasteiger charge is -2.45. The second-order valence-electron chi connectivity index (χ2n) is 8.18. The van der Waals surface area contributed by atoms with Crippen molar-refractivity contribution in [1.82, 2.24) is 4.90 Å². The van der Waals surface area contributed by atoms with E-state index in [-0.39, 0.29) is 5.41 Å². The van der Waals surface area contributed by atoms with Crippen LogP contribution in [0.1, 0.15) is 60.3 Å². The van der Waals surface area contributed by atoms with Gasteiger partial charge in [-0.25, -0.2) is 9.59 Å². The Morgan fingerprint density at radius 2 is 1.86 bits per heavy atom. The maximum absolute atomic E-state index is 12.5. The van der Waals surface area contributed by atoms with Gasteiger partial charge in [-0.2, -0.15) is 0 Å². The number of carbonyl (C=O) groups excluding carboxylic acids is 1. The largest absolute Gasteiger partial charge is 0.480 e. The summed E-state index contributed by atoms with van der Waals surface area (Å²) in [4.78, 5) is 25.6. The van der Waals surface area contributed by atoms with Crippen molar-refractivity contribution in [3.63, 3.8) is 0 Å². The number of amides is 1. The molecule has 1 aliphatic carbocycles. The van der Waals surface area contributed by atoms with Crippen LogP contribution in [0, 0.1) is 17.3 Å². The standard InChI is InChI=1S/C17H29NO4/c1-11(2)17(12-7-6-8-12)9-13(14(19)20)18(10-17)15(21)22-16(3,4)5/h11-13H,6-10H2,1-5H3,(H,19,20)/t13-,17+/m0/s1. The van der Waals surface area contributed by atoms with Gasteiger partial charge in [-0.3, -0.25) is 4.90 Å². The third-order valence-corrected chi connectivity index (χ3v) is 5.40. The number of nitrogens with zero attached hydrogens (tertiary/aromatic N) is 1. The summed E-state index contributed by atoms with van der Waals surface area (Å²) in [6, 6.07) is -0.766. The van der Waals surface area contributed by atoms with Crippen LogP contribution in [-0.4, -0.2) is 40.3 Å². The molecule has 0 aromatic rings. The van der Waals surface area contributed by atoms with Crippen LogP contribution in [0.3, 0.4) is 0 Å². The van der Waals surface area contributed by atoms with Crippen molar-refractivity contribution < 1.29 is 19.4 Å². The lowest BCUT2D eigenvalue weighted by Crippen LogP contribution is -2.45. The molecule has 0 radical (unpaired) electrons. The van der Waals surface area contributed by atoms with E-state index in [0.717, 1.165) is 12.8 Å². The van der Waals surface area contributed by atoms with Crippen LogP contribution in [0.5, 0.6) is 0 Å².